The van der Waals surface area contributed by atoms with Gasteiger partial charge >= 0.3 is 0 Å². The summed E-state index contributed by atoms with van der Waals surface area (Å²) in [5.41, 5.74) is 2.48. The lowest BCUT2D eigenvalue weighted by Crippen LogP contribution is -2.33. The lowest BCUT2D eigenvalue weighted by molar-refractivity contribution is 0.354. The minimum atomic E-state index is 0.689. The summed E-state index contributed by atoms with van der Waals surface area (Å²) in [5, 5.41) is 8.39. The number of rotatable bonds is 5. The van der Waals surface area contributed by atoms with Crippen LogP contribution in [0.4, 0.5) is 5.69 Å². The molecule has 0 saturated heterocycles. The average molecular weight is 285 g/mol. The minimum absolute atomic E-state index is 0.689. The predicted molar refractivity (Wildman–Crippen MR) is 89.7 cm³/mol. The van der Waals surface area contributed by atoms with E-state index in [2.05, 4.69) is 47.1 Å². The van der Waals surface area contributed by atoms with Crippen molar-refractivity contribution in [3.05, 3.63) is 24.4 Å². The highest BCUT2D eigenvalue weighted by atomic mass is 15.1. The van der Waals surface area contributed by atoms with Gasteiger partial charge in [-0.15, -0.1) is 0 Å². The molecule has 1 heterocycles. The van der Waals surface area contributed by atoms with Gasteiger partial charge in [-0.3, -0.25) is 5.10 Å². The molecule has 1 saturated carbocycles. The largest absolute Gasteiger partial charge is 0.371 e. The third-order valence-electron chi connectivity index (χ3n) is 4.58. The topological polar surface area (TPSA) is 31.9 Å². The maximum Gasteiger partial charge on any atom is 0.0651 e. The van der Waals surface area contributed by atoms with Gasteiger partial charge in [-0.1, -0.05) is 33.1 Å². The van der Waals surface area contributed by atoms with Crippen molar-refractivity contribution in [1.82, 2.24) is 10.2 Å². The Labute approximate surface area is 127 Å². The summed E-state index contributed by atoms with van der Waals surface area (Å²) in [6, 6.07) is 6.68. The predicted octanol–water partition coefficient (Wildman–Crippen LogP) is 4.61. The van der Waals surface area contributed by atoms with Gasteiger partial charge in [-0.25, -0.2) is 0 Å². The lowest BCUT2D eigenvalue weighted by atomic mass is 9.88. The molecule has 0 aliphatic heterocycles. The molecule has 21 heavy (non-hydrogen) atoms. The molecular weight excluding hydrogens is 258 g/mol. The molecule has 0 radical (unpaired) electrons. The highest BCUT2D eigenvalue weighted by Gasteiger charge is 2.18. The molecule has 2 aromatic rings. The number of nitrogens with zero attached hydrogens (tertiary/aromatic N) is 2. The molecule has 3 heteroatoms. The second-order valence-corrected chi connectivity index (χ2v) is 6.94. The van der Waals surface area contributed by atoms with Crippen LogP contribution < -0.4 is 4.90 Å². The van der Waals surface area contributed by atoms with E-state index in [1.165, 1.54) is 49.7 Å². The molecule has 0 bridgehead atoms. The zero-order chi connectivity index (χ0) is 14.7. The van der Waals surface area contributed by atoms with Gasteiger partial charge in [0, 0.05) is 24.2 Å². The van der Waals surface area contributed by atoms with E-state index in [4.69, 9.17) is 0 Å². The standard InChI is InChI=1S/C18H27N3/c1-14(2)12-21(13-15-6-4-3-5-7-15)17-8-9-18-16(10-17)11-19-20-18/h8-11,14-15H,3-7,12-13H2,1-2H3,(H,19,20). The van der Waals surface area contributed by atoms with Gasteiger partial charge in [0.25, 0.3) is 0 Å². The van der Waals surface area contributed by atoms with Crippen LogP contribution >= 0.6 is 0 Å². The van der Waals surface area contributed by atoms with Crippen LogP contribution in [-0.2, 0) is 0 Å². The maximum absolute atomic E-state index is 4.13. The first kappa shape index (κ1) is 14.4. The summed E-state index contributed by atoms with van der Waals surface area (Å²) < 4.78 is 0. The molecule has 1 aromatic carbocycles. The molecule has 114 valence electrons. The smallest absolute Gasteiger partial charge is 0.0651 e. The van der Waals surface area contributed by atoms with Crippen molar-refractivity contribution >= 4 is 16.6 Å². The molecule has 0 amide bonds. The van der Waals surface area contributed by atoms with E-state index in [0.717, 1.165) is 18.0 Å². The second-order valence-electron chi connectivity index (χ2n) is 6.94. The molecule has 0 atom stereocenters. The normalized spacial score (nSPS) is 16.7. The molecule has 1 aliphatic carbocycles. The van der Waals surface area contributed by atoms with Crippen molar-refractivity contribution in [3.8, 4) is 0 Å². The van der Waals surface area contributed by atoms with Crippen molar-refractivity contribution in [1.29, 1.82) is 0 Å². The Hall–Kier alpha value is -1.51. The molecule has 1 aliphatic rings. The summed E-state index contributed by atoms with van der Waals surface area (Å²) in [6.07, 6.45) is 9.00. The van der Waals surface area contributed by atoms with Crippen molar-refractivity contribution < 1.29 is 0 Å². The zero-order valence-electron chi connectivity index (χ0n) is 13.3. The maximum atomic E-state index is 4.13. The van der Waals surface area contributed by atoms with Crippen LogP contribution in [-0.4, -0.2) is 23.3 Å². The Morgan fingerprint density at radius 1 is 1.24 bits per heavy atom. The van der Waals surface area contributed by atoms with Crippen LogP contribution in [0, 0.1) is 11.8 Å². The Kier molecular flexibility index (Phi) is 4.47. The van der Waals surface area contributed by atoms with E-state index in [1.54, 1.807) is 0 Å². The quantitative estimate of drug-likeness (QED) is 0.870. The summed E-state index contributed by atoms with van der Waals surface area (Å²) in [4.78, 5) is 2.59. The van der Waals surface area contributed by atoms with E-state index in [1.807, 2.05) is 6.20 Å². The highest BCUT2D eigenvalue weighted by Crippen LogP contribution is 2.28. The van der Waals surface area contributed by atoms with Crippen LogP contribution in [0.5, 0.6) is 0 Å². The Bertz CT molecular complexity index is 567. The first-order chi connectivity index (χ1) is 10.2. The Balaban J connectivity index is 1.79. The summed E-state index contributed by atoms with van der Waals surface area (Å²) in [7, 11) is 0. The fraction of sp³-hybridized carbons (Fsp3) is 0.611. The Morgan fingerprint density at radius 2 is 2.05 bits per heavy atom. The number of fused-ring (bicyclic) bond motifs is 1. The molecule has 0 unspecified atom stereocenters. The van der Waals surface area contributed by atoms with E-state index in [9.17, 15) is 0 Å². The van der Waals surface area contributed by atoms with Crippen LogP contribution in [0.1, 0.15) is 46.0 Å². The number of H-pyrrole nitrogens is 1. The highest BCUT2D eigenvalue weighted by molar-refractivity contribution is 5.82. The van der Waals surface area contributed by atoms with Gasteiger partial charge < -0.3 is 4.90 Å². The number of aromatic nitrogens is 2. The summed E-state index contributed by atoms with van der Waals surface area (Å²) in [6.45, 7) is 6.97. The van der Waals surface area contributed by atoms with Crippen LogP contribution in [0.25, 0.3) is 10.9 Å². The Morgan fingerprint density at radius 3 is 2.81 bits per heavy atom. The number of anilines is 1. The van der Waals surface area contributed by atoms with E-state index in [0.29, 0.717) is 5.92 Å². The van der Waals surface area contributed by atoms with Crippen molar-refractivity contribution in [3.63, 3.8) is 0 Å². The molecule has 1 fully saturated rings. The second kappa shape index (κ2) is 6.50. The van der Waals surface area contributed by atoms with Gasteiger partial charge in [-0.2, -0.15) is 5.10 Å². The number of nitrogens with one attached hydrogen (secondary N) is 1. The average Bonchev–Trinajstić information content (AvgIpc) is 2.94. The van der Waals surface area contributed by atoms with Gasteiger partial charge in [0.2, 0.25) is 0 Å². The van der Waals surface area contributed by atoms with Crippen molar-refractivity contribution in [2.45, 2.75) is 46.0 Å². The third kappa shape index (κ3) is 3.58. The van der Waals surface area contributed by atoms with Crippen molar-refractivity contribution in [2.24, 2.45) is 11.8 Å². The van der Waals surface area contributed by atoms with Crippen LogP contribution in [0.3, 0.4) is 0 Å². The molecule has 1 N–H and O–H groups in total. The number of aromatic amines is 1. The van der Waals surface area contributed by atoms with Crippen LogP contribution in [0.15, 0.2) is 24.4 Å². The van der Waals surface area contributed by atoms with E-state index in [-0.39, 0.29) is 0 Å². The number of hydrogen-bond acceptors (Lipinski definition) is 2. The van der Waals surface area contributed by atoms with Crippen LogP contribution in [0.2, 0.25) is 0 Å². The molecule has 3 rings (SSSR count). The zero-order valence-corrected chi connectivity index (χ0v) is 13.3. The summed E-state index contributed by atoms with van der Waals surface area (Å²) in [5.74, 6) is 1.56. The lowest BCUT2D eigenvalue weighted by Gasteiger charge is -2.32. The van der Waals surface area contributed by atoms with Gasteiger partial charge in [0.05, 0.1) is 11.7 Å². The number of benzene rings is 1. The van der Waals surface area contributed by atoms with Gasteiger partial charge in [-0.05, 0) is 42.9 Å². The third-order valence-corrected chi connectivity index (χ3v) is 4.58. The van der Waals surface area contributed by atoms with Crippen molar-refractivity contribution in [2.75, 3.05) is 18.0 Å². The number of hydrogen-bond donors (Lipinski definition) is 1. The molecule has 1 aromatic heterocycles. The van der Waals surface area contributed by atoms with E-state index < -0.39 is 0 Å². The first-order valence-electron chi connectivity index (χ1n) is 8.40. The van der Waals surface area contributed by atoms with Gasteiger partial charge in [0.1, 0.15) is 0 Å². The van der Waals surface area contributed by atoms with Gasteiger partial charge in [0.15, 0.2) is 0 Å². The molecular formula is C18H27N3. The minimum Gasteiger partial charge on any atom is -0.371 e. The molecule has 0 spiro atoms. The SMILES string of the molecule is CC(C)CN(CC1CCCCC1)c1ccc2[nH]ncc2c1. The first-order valence-corrected chi connectivity index (χ1v) is 8.40. The fourth-order valence-corrected chi connectivity index (χ4v) is 3.53. The summed E-state index contributed by atoms with van der Waals surface area (Å²) >= 11 is 0. The fourth-order valence-electron chi connectivity index (χ4n) is 3.53. The van der Waals surface area contributed by atoms with E-state index >= 15 is 0 Å². The monoisotopic (exact) mass is 285 g/mol. The molecule has 3 nitrogen and oxygen atoms in total.